The van der Waals surface area contributed by atoms with Crippen molar-refractivity contribution in [3.8, 4) is 0 Å². The molecule has 2 aromatic carbocycles. The van der Waals surface area contributed by atoms with E-state index in [9.17, 15) is 22.4 Å². The first-order valence-electron chi connectivity index (χ1n) is 8.76. The fraction of sp³-hybridized carbons (Fsp3) is 0.105. The van der Waals surface area contributed by atoms with Crippen molar-refractivity contribution >= 4 is 21.1 Å². The smallest absolute Gasteiger partial charge is 0.314 e. The minimum Gasteiger partial charge on any atom is -0.336 e. The highest BCUT2D eigenvalue weighted by Gasteiger charge is 2.26. The molecule has 1 unspecified atom stereocenters. The lowest BCUT2D eigenvalue weighted by atomic mass is 10.1. The predicted octanol–water partition coefficient (Wildman–Crippen LogP) is 1.16. The number of rotatable bonds is 5. The second kappa shape index (κ2) is 7.35. The average molecular weight is 429 g/mol. The molecule has 2 heterocycles. The quantitative estimate of drug-likeness (QED) is 0.410. The summed E-state index contributed by atoms with van der Waals surface area (Å²) in [5, 5.41) is 0. The van der Waals surface area contributed by atoms with Crippen molar-refractivity contribution in [2.75, 3.05) is 0 Å². The van der Waals surface area contributed by atoms with Crippen molar-refractivity contribution in [3.63, 3.8) is 0 Å². The molecular weight excluding hydrogens is 413 g/mol. The number of aromatic nitrogens is 4. The molecule has 4 rings (SSSR count). The summed E-state index contributed by atoms with van der Waals surface area (Å²) in [6, 6.07) is 8.46. The Balaban J connectivity index is 1.78. The number of aryl methyl sites for hydroxylation is 1. The third-order valence-corrected chi connectivity index (χ3v) is 6.02. The van der Waals surface area contributed by atoms with E-state index < -0.39 is 33.0 Å². The van der Waals surface area contributed by atoms with Crippen molar-refractivity contribution in [2.45, 2.75) is 10.9 Å². The van der Waals surface area contributed by atoms with Gasteiger partial charge in [-0.15, -0.1) is 0 Å². The van der Waals surface area contributed by atoms with Crippen molar-refractivity contribution in [3.05, 3.63) is 92.8 Å². The third-order valence-electron chi connectivity index (χ3n) is 4.60. The summed E-state index contributed by atoms with van der Waals surface area (Å²) >= 11 is 0. The van der Waals surface area contributed by atoms with Crippen LogP contribution in [0.1, 0.15) is 17.4 Å². The summed E-state index contributed by atoms with van der Waals surface area (Å²) in [5.41, 5.74) is -0.770. The molecule has 30 heavy (non-hydrogen) atoms. The maximum atomic E-state index is 13.4. The van der Waals surface area contributed by atoms with Crippen LogP contribution in [0.3, 0.4) is 0 Å². The van der Waals surface area contributed by atoms with Gasteiger partial charge >= 0.3 is 11.1 Å². The van der Waals surface area contributed by atoms with Gasteiger partial charge in [-0.05, 0) is 35.9 Å². The van der Waals surface area contributed by atoms with Crippen LogP contribution in [0.2, 0.25) is 0 Å². The van der Waals surface area contributed by atoms with E-state index in [1.54, 1.807) is 17.8 Å². The van der Waals surface area contributed by atoms with E-state index in [2.05, 4.69) is 19.7 Å². The Hall–Kier alpha value is -3.57. The molecule has 0 aliphatic rings. The number of nitrogens with one attached hydrogen (secondary N) is 3. The number of sulfonamides is 1. The number of imidazole rings is 1. The number of halogens is 1. The molecule has 0 aliphatic heterocycles. The Bertz CT molecular complexity index is 1450. The van der Waals surface area contributed by atoms with E-state index in [-0.39, 0.29) is 15.9 Å². The lowest BCUT2D eigenvalue weighted by Gasteiger charge is -2.19. The highest BCUT2D eigenvalue weighted by Crippen LogP contribution is 2.24. The van der Waals surface area contributed by atoms with Gasteiger partial charge in [0.1, 0.15) is 17.7 Å². The van der Waals surface area contributed by atoms with E-state index in [0.29, 0.717) is 11.4 Å². The normalized spacial score (nSPS) is 12.9. The van der Waals surface area contributed by atoms with Crippen LogP contribution in [-0.2, 0) is 17.1 Å². The van der Waals surface area contributed by atoms with Crippen molar-refractivity contribution in [1.29, 1.82) is 0 Å². The standard InChI is InChI=1S/C19H16FN5O4S/c1-25-9-8-21-17(25)16(11-2-4-12(20)5-3-11)24-30(28,29)13-6-7-14-15(10-13)23-19(27)18(26)22-14/h2-10,16,24H,1H3,(H,22,26)(H,23,27). The topological polar surface area (TPSA) is 130 Å². The fourth-order valence-electron chi connectivity index (χ4n) is 3.06. The second-order valence-corrected chi connectivity index (χ2v) is 8.33. The molecule has 154 valence electrons. The first-order chi connectivity index (χ1) is 14.2. The molecule has 0 saturated heterocycles. The first kappa shape index (κ1) is 19.7. The number of nitrogens with zero attached hydrogens (tertiary/aromatic N) is 2. The number of benzene rings is 2. The molecule has 9 nitrogen and oxygen atoms in total. The van der Waals surface area contributed by atoms with Gasteiger partial charge in [-0.2, -0.15) is 4.72 Å². The molecule has 0 fully saturated rings. The monoisotopic (exact) mass is 429 g/mol. The molecule has 0 bridgehead atoms. The van der Waals surface area contributed by atoms with E-state index in [1.165, 1.54) is 48.7 Å². The van der Waals surface area contributed by atoms with Crippen molar-refractivity contribution < 1.29 is 12.8 Å². The van der Waals surface area contributed by atoms with Crippen molar-refractivity contribution in [2.24, 2.45) is 7.05 Å². The minimum absolute atomic E-state index is 0.126. The van der Waals surface area contributed by atoms with Crippen LogP contribution in [0, 0.1) is 5.82 Å². The maximum absolute atomic E-state index is 13.4. The Morgan fingerprint density at radius 2 is 1.70 bits per heavy atom. The Kier molecular flexibility index (Phi) is 4.84. The second-order valence-electron chi connectivity index (χ2n) is 6.62. The number of H-pyrrole nitrogens is 2. The van der Waals surface area contributed by atoms with Crippen LogP contribution < -0.4 is 15.8 Å². The van der Waals surface area contributed by atoms with Crippen molar-refractivity contribution in [1.82, 2.24) is 24.2 Å². The van der Waals surface area contributed by atoms with Crippen LogP contribution in [0.15, 0.2) is 69.3 Å². The van der Waals surface area contributed by atoms with Crippen LogP contribution in [-0.4, -0.2) is 27.9 Å². The maximum Gasteiger partial charge on any atom is 0.314 e. The Morgan fingerprint density at radius 1 is 1.03 bits per heavy atom. The Morgan fingerprint density at radius 3 is 2.33 bits per heavy atom. The highest BCUT2D eigenvalue weighted by molar-refractivity contribution is 7.89. The van der Waals surface area contributed by atoms with E-state index in [0.717, 1.165) is 0 Å². The van der Waals surface area contributed by atoms with Gasteiger partial charge in [0.05, 0.1) is 15.9 Å². The lowest BCUT2D eigenvalue weighted by Crippen LogP contribution is -2.31. The van der Waals surface area contributed by atoms with E-state index in [1.807, 2.05) is 0 Å². The SMILES string of the molecule is Cn1ccnc1C(NS(=O)(=O)c1ccc2[nH]c(=O)c(=O)[nH]c2c1)c1ccc(F)cc1. The molecule has 3 N–H and O–H groups in total. The third kappa shape index (κ3) is 3.67. The molecular formula is C19H16FN5O4S. The van der Waals surface area contributed by atoms with Gasteiger partial charge in [0, 0.05) is 19.4 Å². The minimum atomic E-state index is -4.09. The van der Waals surface area contributed by atoms with Crippen LogP contribution >= 0.6 is 0 Å². The molecule has 0 radical (unpaired) electrons. The predicted molar refractivity (Wildman–Crippen MR) is 107 cm³/mol. The molecule has 4 aromatic rings. The lowest BCUT2D eigenvalue weighted by molar-refractivity contribution is 0.562. The zero-order chi connectivity index (χ0) is 21.5. The van der Waals surface area contributed by atoms with Gasteiger partial charge in [-0.3, -0.25) is 9.59 Å². The number of hydrogen-bond acceptors (Lipinski definition) is 5. The number of aromatic amines is 2. The summed E-state index contributed by atoms with van der Waals surface area (Å²) in [7, 11) is -2.37. The van der Waals surface area contributed by atoms with Crippen LogP contribution in [0.5, 0.6) is 0 Å². The number of hydrogen-bond donors (Lipinski definition) is 3. The molecule has 2 aromatic heterocycles. The number of fused-ring (bicyclic) bond motifs is 1. The van der Waals surface area contributed by atoms with Crippen LogP contribution in [0.25, 0.3) is 11.0 Å². The van der Waals surface area contributed by atoms with Gasteiger partial charge in [0.15, 0.2) is 0 Å². The summed E-state index contributed by atoms with van der Waals surface area (Å²) in [6.07, 6.45) is 3.19. The summed E-state index contributed by atoms with van der Waals surface area (Å²) in [5.74, 6) is -0.0450. The van der Waals surface area contributed by atoms with E-state index >= 15 is 0 Å². The average Bonchev–Trinajstić information content (AvgIpc) is 3.13. The zero-order valence-electron chi connectivity index (χ0n) is 15.6. The van der Waals surface area contributed by atoms with Gasteiger partial charge < -0.3 is 14.5 Å². The summed E-state index contributed by atoms with van der Waals surface area (Å²) in [4.78, 5) is 31.8. The van der Waals surface area contributed by atoms with Gasteiger partial charge in [0.2, 0.25) is 10.0 Å². The van der Waals surface area contributed by atoms with Gasteiger partial charge in [-0.1, -0.05) is 12.1 Å². The zero-order valence-corrected chi connectivity index (χ0v) is 16.4. The molecule has 0 amide bonds. The fourth-order valence-corrected chi connectivity index (χ4v) is 4.27. The first-order valence-corrected chi connectivity index (χ1v) is 10.2. The van der Waals surface area contributed by atoms with Crippen LogP contribution in [0.4, 0.5) is 4.39 Å². The van der Waals surface area contributed by atoms with Gasteiger partial charge in [0.25, 0.3) is 0 Å². The highest BCUT2D eigenvalue weighted by atomic mass is 32.2. The molecule has 11 heteroatoms. The molecule has 0 spiro atoms. The largest absolute Gasteiger partial charge is 0.336 e. The molecule has 0 saturated carbocycles. The Labute approximate surface area is 169 Å². The molecule has 0 aliphatic carbocycles. The van der Waals surface area contributed by atoms with E-state index in [4.69, 9.17) is 0 Å². The summed E-state index contributed by atoms with van der Waals surface area (Å²) < 4.78 is 43.8. The summed E-state index contributed by atoms with van der Waals surface area (Å²) in [6.45, 7) is 0. The van der Waals surface area contributed by atoms with Gasteiger partial charge in [-0.25, -0.2) is 17.8 Å². The molecule has 1 atom stereocenters.